The van der Waals surface area contributed by atoms with Gasteiger partial charge in [-0.05, 0) is 12.5 Å². The first kappa shape index (κ1) is 14.8. The summed E-state index contributed by atoms with van der Waals surface area (Å²) in [4.78, 5) is 0. The molecule has 0 heterocycles. The van der Waals surface area contributed by atoms with Gasteiger partial charge in [-0.1, -0.05) is 63.5 Å². The highest BCUT2D eigenvalue weighted by Gasteiger charge is 2.12. The Labute approximate surface area is 110 Å². The molecule has 1 aromatic carbocycles. The molecule has 100 valence electrons. The lowest BCUT2D eigenvalue weighted by Gasteiger charge is -2.15. The van der Waals surface area contributed by atoms with Crippen LogP contribution >= 0.6 is 0 Å². The lowest BCUT2D eigenvalue weighted by Crippen LogP contribution is -2.03. The highest BCUT2D eigenvalue weighted by Crippen LogP contribution is 2.28. The van der Waals surface area contributed by atoms with Crippen LogP contribution in [0.2, 0.25) is 0 Å². The summed E-state index contributed by atoms with van der Waals surface area (Å²) in [6.07, 6.45) is 6.78. The second-order valence-electron chi connectivity index (χ2n) is 4.50. The summed E-state index contributed by atoms with van der Waals surface area (Å²) in [5.41, 5.74) is 0.885. The predicted octanol–water partition coefficient (Wildman–Crippen LogP) is 4.26. The Morgan fingerprint density at radius 2 is 2.06 bits per heavy atom. The fourth-order valence-electron chi connectivity index (χ4n) is 1.96. The van der Waals surface area contributed by atoms with Crippen molar-refractivity contribution in [3.8, 4) is 5.75 Å². The first-order chi connectivity index (χ1) is 8.79. The van der Waals surface area contributed by atoms with Crippen molar-refractivity contribution in [1.29, 1.82) is 0 Å². The molecule has 18 heavy (non-hydrogen) atoms. The van der Waals surface area contributed by atoms with Crippen molar-refractivity contribution in [1.82, 2.24) is 0 Å². The van der Waals surface area contributed by atoms with E-state index in [0.717, 1.165) is 24.2 Å². The van der Waals surface area contributed by atoms with Crippen molar-refractivity contribution in [3.63, 3.8) is 0 Å². The number of hydrogen-bond acceptors (Lipinski definition) is 2. The summed E-state index contributed by atoms with van der Waals surface area (Å²) in [6.45, 7) is 6.29. The van der Waals surface area contributed by atoms with Crippen LogP contribution in [0.25, 0.3) is 0 Å². The third kappa shape index (κ3) is 4.92. The van der Waals surface area contributed by atoms with Gasteiger partial charge >= 0.3 is 0 Å². The average molecular weight is 248 g/mol. The van der Waals surface area contributed by atoms with Gasteiger partial charge in [0.05, 0.1) is 6.10 Å². The molecule has 2 nitrogen and oxygen atoms in total. The summed E-state index contributed by atoms with van der Waals surface area (Å²) >= 11 is 0. The van der Waals surface area contributed by atoms with E-state index in [9.17, 15) is 5.11 Å². The monoisotopic (exact) mass is 248 g/mol. The summed E-state index contributed by atoms with van der Waals surface area (Å²) in [7, 11) is 0. The maximum atomic E-state index is 10.2. The lowest BCUT2D eigenvalue weighted by molar-refractivity contribution is 0.158. The zero-order valence-corrected chi connectivity index (χ0v) is 11.3. The first-order valence-electron chi connectivity index (χ1n) is 6.80. The normalized spacial score (nSPS) is 12.1. The molecule has 0 saturated heterocycles. The molecule has 1 aromatic rings. The van der Waals surface area contributed by atoms with Crippen molar-refractivity contribution in [3.05, 3.63) is 42.5 Å². The van der Waals surface area contributed by atoms with E-state index in [0.29, 0.717) is 6.61 Å². The van der Waals surface area contributed by atoms with Crippen LogP contribution in [0.5, 0.6) is 5.75 Å². The number of aliphatic hydroxyl groups excluding tert-OH is 1. The third-order valence-corrected chi connectivity index (χ3v) is 2.97. The summed E-state index contributed by atoms with van der Waals surface area (Å²) < 4.78 is 5.56. The second kappa shape index (κ2) is 8.76. The van der Waals surface area contributed by atoms with Crippen molar-refractivity contribution < 1.29 is 9.84 Å². The Morgan fingerprint density at radius 3 is 2.78 bits per heavy atom. The van der Waals surface area contributed by atoms with Crippen molar-refractivity contribution in [2.24, 2.45) is 0 Å². The van der Waals surface area contributed by atoms with E-state index in [1.54, 1.807) is 6.08 Å². The molecule has 2 heteroatoms. The van der Waals surface area contributed by atoms with Crippen molar-refractivity contribution in [2.75, 3.05) is 6.61 Å². The first-order valence-corrected chi connectivity index (χ1v) is 6.80. The van der Waals surface area contributed by atoms with E-state index in [1.807, 2.05) is 24.3 Å². The average Bonchev–Trinajstić information content (AvgIpc) is 2.41. The minimum Gasteiger partial charge on any atom is -0.489 e. The fourth-order valence-corrected chi connectivity index (χ4v) is 1.96. The molecule has 1 unspecified atom stereocenters. The predicted molar refractivity (Wildman–Crippen MR) is 75.9 cm³/mol. The van der Waals surface area contributed by atoms with Gasteiger partial charge in [0, 0.05) is 5.56 Å². The van der Waals surface area contributed by atoms with E-state index < -0.39 is 6.10 Å². The Hall–Kier alpha value is -1.28. The van der Waals surface area contributed by atoms with E-state index >= 15 is 0 Å². The largest absolute Gasteiger partial charge is 0.489 e. The molecule has 0 saturated carbocycles. The minimum absolute atomic E-state index is 0.428. The van der Waals surface area contributed by atoms with Gasteiger partial charge in [-0.3, -0.25) is 0 Å². The maximum Gasteiger partial charge on any atom is 0.125 e. The number of hydrogen-bond donors (Lipinski definition) is 1. The molecule has 0 aliphatic rings. The molecular weight excluding hydrogens is 224 g/mol. The van der Waals surface area contributed by atoms with Gasteiger partial charge in [0.2, 0.25) is 0 Å². The highest BCUT2D eigenvalue weighted by atomic mass is 16.5. The molecule has 0 amide bonds. The van der Waals surface area contributed by atoms with Crippen LogP contribution in [-0.4, -0.2) is 11.7 Å². The Morgan fingerprint density at radius 1 is 1.28 bits per heavy atom. The van der Waals surface area contributed by atoms with Crippen molar-refractivity contribution >= 4 is 0 Å². The highest BCUT2D eigenvalue weighted by molar-refractivity contribution is 5.35. The molecule has 0 fully saturated rings. The van der Waals surface area contributed by atoms with E-state index in [-0.39, 0.29) is 0 Å². The lowest BCUT2D eigenvalue weighted by atomic mass is 10.0. The minimum atomic E-state index is -0.428. The van der Waals surface area contributed by atoms with Crippen LogP contribution in [0.1, 0.15) is 50.7 Å². The van der Waals surface area contributed by atoms with Crippen LogP contribution in [0.4, 0.5) is 0 Å². The molecule has 0 bridgehead atoms. The quantitative estimate of drug-likeness (QED) is 0.523. The molecule has 0 aromatic heterocycles. The summed E-state index contributed by atoms with van der Waals surface area (Å²) in [5.74, 6) is 0.764. The molecule has 0 spiro atoms. The number of rotatable bonds is 9. The standard InChI is InChI=1S/C16H24O2/c1-3-5-6-7-11-15(17)14-10-8-9-12-16(14)18-13-4-2/h4,8-10,12,15,17H,2-3,5-7,11,13H2,1H3. The van der Waals surface area contributed by atoms with Gasteiger partial charge in [0.1, 0.15) is 12.4 Å². The number of aliphatic hydroxyl groups is 1. The number of unbranched alkanes of at least 4 members (excludes halogenated alkanes) is 3. The molecule has 0 aliphatic carbocycles. The molecule has 0 aliphatic heterocycles. The molecule has 1 N–H and O–H groups in total. The van der Waals surface area contributed by atoms with Gasteiger partial charge in [-0.2, -0.15) is 0 Å². The van der Waals surface area contributed by atoms with Crippen LogP contribution in [0, 0.1) is 0 Å². The second-order valence-corrected chi connectivity index (χ2v) is 4.50. The SMILES string of the molecule is C=CCOc1ccccc1C(O)CCCCCC. The van der Waals surface area contributed by atoms with E-state index in [1.165, 1.54) is 19.3 Å². The van der Waals surface area contributed by atoms with E-state index in [2.05, 4.69) is 13.5 Å². The van der Waals surface area contributed by atoms with E-state index in [4.69, 9.17) is 4.74 Å². The number of para-hydroxylation sites is 1. The number of ether oxygens (including phenoxy) is 1. The maximum absolute atomic E-state index is 10.2. The zero-order valence-electron chi connectivity index (χ0n) is 11.3. The molecular formula is C16H24O2. The fraction of sp³-hybridized carbons (Fsp3) is 0.500. The van der Waals surface area contributed by atoms with Gasteiger partial charge in [-0.15, -0.1) is 0 Å². The molecule has 1 atom stereocenters. The zero-order chi connectivity index (χ0) is 13.2. The Bertz CT molecular complexity index is 347. The van der Waals surface area contributed by atoms with Gasteiger partial charge in [-0.25, -0.2) is 0 Å². The Kier molecular flexibility index (Phi) is 7.19. The molecule has 0 radical (unpaired) electrons. The van der Waals surface area contributed by atoms with Crippen LogP contribution < -0.4 is 4.74 Å². The molecule has 1 rings (SSSR count). The van der Waals surface area contributed by atoms with Crippen LogP contribution in [0.3, 0.4) is 0 Å². The van der Waals surface area contributed by atoms with Crippen LogP contribution in [0.15, 0.2) is 36.9 Å². The topological polar surface area (TPSA) is 29.5 Å². The van der Waals surface area contributed by atoms with Gasteiger partial charge < -0.3 is 9.84 Å². The van der Waals surface area contributed by atoms with Crippen molar-refractivity contribution in [2.45, 2.75) is 45.1 Å². The smallest absolute Gasteiger partial charge is 0.125 e. The summed E-state index contributed by atoms with van der Waals surface area (Å²) in [6, 6.07) is 7.69. The van der Waals surface area contributed by atoms with Crippen LogP contribution in [-0.2, 0) is 0 Å². The third-order valence-electron chi connectivity index (χ3n) is 2.97. The van der Waals surface area contributed by atoms with Gasteiger partial charge in [0.25, 0.3) is 0 Å². The summed E-state index contributed by atoms with van der Waals surface area (Å²) in [5, 5.41) is 10.2. The Balaban J connectivity index is 2.54. The van der Waals surface area contributed by atoms with Gasteiger partial charge in [0.15, 0.2) is 0 Å². The number of benzene rings is 1.